The van der Waals surface area contributed by atoms with Gasteiger partial charge in [-0.1, -0.05) is 11.6 Å². The number of hydrogen-bond acceptors (Lipinski definition) is 3. The Morgan fingerprint density at radius 2 is 2.31 bits per heavy atom. The number of halogens is 1. The first kappa shape index (κ1) is 13.2. The summed E-state index contributed by atoms with van der Waals surface area (Å²) in [6.45, 7) is 3.84. The van der Waals surface area contributed by atoms with E-state index in [9.17, 15) is 0 Å². The van der Waals surface area contributed by atoms with Gasteiger partial charge in [-0.15, -0.1) is 0 Å². The second-order valence-electron chi connectivity index (χ2n) is 4.25. The summed E-state index contributed by atoms with van der Waals surface area (Å²) in [4.78, 5) is 6.68. The number of nitrogens with one attached hydrogen (secondary N) is 1. The maximum Gasteiger partial charge on any atom is 0.123 e. The van der Waals surface area contributed by atoms with Crippen LogP contribution in [0.3, 0.4) is 0 Å². The monoisotopic (exact) mass is 242 g/mol. The zero-order valence-electron chi connectivity index (χ0n) is 9.83. The van der Waals surface area contributed by atoms with Crippen molar-refractivity contribution in [1.29, 1.82) is 5.41 Å². The molecule has 1 atom stereocenters. The Morgan fingerprint density at radius 3 is 2.88 bits per heavy atom. The van der Waals surface area contributed by atoms with Crippen LogP contribution in [0.5, 0.6) is 0 Å². The molecule has 16 heavy (non-hydrogen) atoms. The smallest absolute Gasteiger partial charge is 0.123 e. The molecule has 1 saturated heterocycles. The standard InChI is InChI=1S/C11H19ClN4/c1-8(11(12)14)6-10(13)15-9-4-3-5-16(2)7-9/h6,9,14H,3-5,7H2,1-2H3,(H2,13,15)/b8-6-,14-11?/t9-/m1/s1. The van der Waals surface area contributed by atoms with E-state index in [1.54, 1.807) is 13.0 Å². The summed E-state index contributed by atoms with van der Waals surface area (Å²) in [7, 11) is 2.09. The fourth-order valence-electron chi connectivity index (χ4n) is 1.78. The molecule has 0 bridgehead atoms. The van der Waals surface area contributed by atoms with Crippen LogP contribution in [0.2, 0.25) is 0 Å². The molecule has 1 heterocycles. The fraction of sp³-hybridized carbons (Fsp3) is 0.636. The molecule has 0 aromatic heterocycles. The van der Waals surface area contributed by atoms with Crippen LogP contribution < -0.4 is 5.73 Å². The molecule has 0 aromatic rings. The van der Waals surface area contributed by atoms with Gasteiger partial charge in [-0.25, -0.2) is 0 Å². The number of allylic oxidation sites excluding steroid dienone is 1. The van der Waals surface area contributed by atoms with E-state index in [-0.39, 0.29) is 11.2 Å². The molecule has 5 heteroatoms. The minimum absolute atomic E-state index is 0.0129. The SMILES string of the molecule is C/C(=C/C(N)=N[C@@H]1CCCN(C)C1)C(=N)Cl. The van der Waals surface area contributed by atoms with Crippen molar-refractivity contribution >= 4 is 22.6 Å². The number of hydrogen-bond donors (Lipinski definition) is 2. The molecule has 1 aliphatic heterocycles. The lowest BCUT2D eigenvalue weighted by Crippen LogP contribution is -2.35. The molecule has 0 unspecified atom stereocenters. The third kappa shape index (κ3) is 4.33. The summed E-state index contributed by atoms with van der Waals surface area (Å²) in [6.07, 6.45) is 3.89. The summed E-state index contributed by atoms with van der Waals surface area (Å²) in [5, 5.41) is 7.24. The van der Waals surface area contributed by atoms with Crippen LogP contribution in [0.4, 0.5) is 0 Å². The molecule has 3 N–H and O–H groups in total. The topological polar surface area (TPSA) is 65.5 Å². The Labute approximate surface area is 102 Å². The van der Waals surface area contributed by atoms with Gasteiger partial charge in [0.25, 0.3) is 0 Å². The summed E-state index contributed by atoms with van der Waals surface area (Å²) >= 11 is 5.53. The van der Waals surface area contributed by atoms with E-state index >= 15 is 0 Å². The second-order valence-corrected chi connectivity index (χ2v) is 4.63. The number of likely N-dealkylation sites (tertiary alicyclic amines) is 1. The van der Waals surface area contributed by atoms with Gasteiger partial charge in [0.15, 0.2) is 0 Å². The fourth-order valence-corrected chi connectivity index (χ4v) is 1.83. The van der Waals surface area contributed by atoms with Crippen molar-refractivity contribution in [3.63, 3.8) is 0 Å². The van der Waals surface area contributed by atoms with E-state index in [2.05, 4.69) is 16.9 Å². The van der Waals surface area contributed by atoms with Crippen molar-refractivity contribution in [1.82, 2.24) is 4.90 Å². The van der Waals surface area contributed by atoms with Gasteiger partial charge in [-0.3, -0.25) is 10.4 Å². The molecule has 0 aromatic carbocycles. The molecule has 4 nitrogen and oxygen atoms in total. The summed E-state index contributed by atoms with van der Waals surface area (Å²) in [5.74, 6) is 0.461. The van der Waals surface area contributed by atoms with E-state index in [0.29, 0.717) is 11.4 Å². The van der Waals surface area contributed by atoms with Crippen molar-refractivity contribution in [2.75, 3.05) is 20.1 Å². The van der Waals surface area contributed by atoms with E-state index in [1.165, 1.54) is 0 Å². The highest BCUT2D eigenvalue weighted by Gasteiger charge is 2.15. The summed E-state index contributed by atoms with van der Waals surface area (Å²) < 4.78 is 0. The number of likely N-dealkylation sites (N-methyl/N-ethyl adjacent to an activating group) is 1. The lowest BCUT2D eigenvalue weighted by molar-refractivity contribution is 0.253. The molecule has 0 aliphatic carbocycles. The van der Waals surface area contributed by atoms with Crippen molar-refractivity contribution in [3.8, 4) is 0 Å². The molecule has 1 fully saturated rings. The number of aliphatic imine (C=N–C) groups is 1. The van der Waals surface area contributed by atoms with Crippen LogP contribution >= 0.6 is 11.6 Å². The van der Waals surface area contributed by atoms with Crippen molar-refractivity contribution in [2.24, 2.45) is 10.7 Å². The molecule has 0 spiro atoms. The van der Waals surface area contributed by atoms with Crippen molar-refractivity contribution < 1.29 is 0 Å². The zero-order chi connectivity index (χ0) is 12.1. The summed E-state index contributed by atoms with van der Waals surface area (Å²) in [5.41, 5.74) is 6.43. The Balaban J connectivity index is 2.62. The Hall–Kier alpha value is -0.870. The highest BCUT2D eigenvalue weighted by Crippen LogP contribution is 2.11. The normalized spacial score (nSPS) is 24.6. The van der Waals surface area contributed by atoms with E-state index in [4.69, 9.17) is 22.7 Å². The molecular formula is C11H19ClN4. The van der Waals surface area contributed by atoms with Gasteiger partial charge in [0.05, 0.1) is 6.04 Å². The average molecular weight is 243 g/mol. The van der Waals surface area contributed by atoms with Gasteiger partial charge in [0, 0.05) is 6.54 Å². The van der Waals surface area contributed by atoms with Crippen LogP contribution in [0.15, 0.2) is 16.6 Å². The molecular weight excluding hydrogens is 224 g/mol. The third-order valence-corrected chi connectivity index (χ3v) is 2.94. The first-order valence-corrected chi connectivity index (χ1v) is 5.81. The first-order valence-electron chi connectivity index (χ1n) is 5.43. The predicted octanol–water partition coefficient (Wildman–Crippen LogP) is 1.60. The Bertz CT molecular complexity index is 322. The molecule has 0 saturated carbocycles. The molecule has 0 amide bonds. The molecule has 1 rings (SSSR count). The maximum atomic E-state index is 7.22. The lowest BCUT2D eigenvalue weighted by Gasteiger charge is -2.27. The number of amidine groups is 1. The van der Waals surface area contributed by atoms with Crippen LogP contribution in [0.1, 0.15) is 19.8 Å². The average Bonchev–Trinajstić information content (AvgIpc) is 2.16. The Kier molecular flexibility index (Phi) is 4.96. The predicted molar refractivity (Wildman–Crippen MR) is 69.5 cm³/mol. The first-order chi connectivity index (χ1) is 7.49. The van der Waals surface area contributed by atoms with E-state index in [1.807, 2.05) is 0 Å². The molecule has 1 aliphatic rings. The largest absolute Gasteiger partial charge is 0.384 e. The van der Waals surface area contributed by atoms with Crippen LogP contribution in [0, 0.1) is 5.41 Å². The third-order valence-electron chi connectivity index (χ3n) is 2.64. The van der Waals surface area contributed by atoms with Crippen molar-refractivity contribution in [2.45, 2.75) is 25.8 Å². The van der Waals surface area contributed by atoms with Crippen molar-refractivity contribution in [3.05, 3.63) is 11.6 Å². The number of rotatable bonds is 3. The molecule has 90 valence electrons. The minimum atomic E-state index is 0.0129. The molecule has 0 radical (unpaired) electrons. The lowest BCUT2D eigenvalue weighted by atomic mass is 10.1. The highest BCUT2D eigenvalue weighted by molar-refractivity contribution is 6.68. The van der Waals surface area contributed by atoms with E-state index < -0.39 is 0 Å². The van der Waals surface area contributed by atoms with Gasteiger partial charge in [-0.2, -0.15) is 0 Å². The van der Waals surface area contributed by atoms with Crippen LogP contribution in [-0.2, 0) is 0 Å². The number of nitrogens with zero attached hydrogens (tertiary/aromatic N) is 2. The maximum absolute atomic E-state index is 7.22. The highest BCUT2D eigenvalue weighted by atomic mass is 35.5. The van der Waals surface area contributed by atoms with E-state index in [0.717, 1.165) is 25.9 Å². The van der Waals surface area contributed by atoms with Gasteiger partial charge in [0.2, 0.25) is 0 Å². The number of nitrogens with two attached hydrogens (primary N) is 1. The van der Waals surface area contributed by atoms with Crippen LogP contribution in [-0.4, -0.2) is 42.1 Å². The van der Waals surface area contributed by atoms with Gasteiger partial charge in [-0.05, 0) is 45.0 Å². The summed E-state index contributed by atoms with van der Waals surface area (Å²) in [6, 6.07) is 0.271. The Morgan fingerprint density at radius 1 is 1.62 bits per heavy atom. The quantitative estimate of drug-likeness (QED) is 0.583. The zero-order valence-corrected chi connectivity index (χ0v) is 10.6. The van der Waals surface area contributed by atoms with Gasteiger partial charge in [0.1, 0.15) is 11.0 Å². The van der Waals surface area contributed by atoms with Crippen LogP contribution in [0.25, 0.3) is 0 Å². The second kappa shape index (κ2) is 6.01. The van der Waals surface area contributed by atoms with Gasteiger partial charge >= 0.3 is 0 Å². The van der Waals surface area contributed by atoms with Gasteiger partial charge < -0.3 is 10.6 Å². The minimum Gasteiger partial charge on any atom is -0.384 e. The number of piperidine rings is 1.